The number of hydrogen-bond acceptors (Lipinski definition) is 5. The molecule has 0 aromatic carbocycles. The second-order valence-corrected chi connectivity index (χ2v) is 15.9. The molecule has 0 radical (unpaired) electrons. The number of allylic oxidation sites excluding steroid dienone is 3. The number of unbranched alkanes of at least 4 members (excludes halogenated alkanes) is 26. The van der Waals surface area contributed by atoms with Gasteiger partial charge in [-0.05, 0) is 44.9 Å². The largest absolute Gasteiger partial charge is 0.387 e. The van der Waals surface area contributed by atoms with Gasteiger partial charge in [0.2, 0.25) is 5.91 Å². The van der Waals surface area contributed by atoms with Crippen molar-refractivity contribution in [3.63, 3.8) is 0 Å². The van der Waals surface area contributed by atoms with E-state index in [4.69, 9.17) is 0 Å². The highest BCUT2D eigenvalue weighted by Gasteiger charge is 2.27. The lowest BCUT2D eigenvalue weighted by atomic mass is 10.0. The van der Waals surface area contributed by atoms with Gasteiger partial charge in [-0.15, -0.1) is 0 Å². The summed E-state index contributed by atoms with van der Waals surface area (Å²) >= 11 is 0. The van der Waals surface area contributed by atoms with E-state index in [1.54, 1.807) is 6.08 Å². The molecule has 0 spiro atoms. The van der Waals surface area contributed by atoms with Crippen molar-refractivity contribution >= 4 is 16.0 Å². The van der Waals surface area contributed by atoms with Crippen molar-refractivity contribution in [1.82, 2.24) is 5.32 Å². The molecule has 3 atom stereocenters. The molecular formula is C41H79NO6S. The second kappa shape index (κ2) is 35.2. The zero-order valence-electron chi connectivity index (χ0n) is 31.9. The molecule has 0 aromatic heterocycles. The SMILES string of the molecule is CCCCCCCCCCC/C=C/C(O)C(CS(=O)(=O)O)NC(=O)C(O)CCCCCCCC/C=C\CCCCCCCCCCCCC. The van der Waals surface area contributed by atoms with E-state index in [1.807, 2.05) is 0 Å². The molecule has 0 aromatic rings. The third-order valence-electron chi connectivity index (χ3n) is 9.48. The molecule has 0 aliphatic carbocycles. The normalized spacial score (nSPS) is 14.1. The van der Waals surface area contributed by atoms with Gasteiger partial charge in [0.05, 0.1) is 17.9 Å². The summed E-state index contributed by atoms with van der Waals surface area (Å²) in [5.41, 5.74) is 0. The van der Waals surface area contributed by atoms with E-state index in [0.717, 1.165) is 44.9 Å². The molecule has 3 unspecified atom stereocenters. The first-order chi connectivity index (χ1) is 23.7. The Morgan fingerprint density at radius 2 is 0.898 bits per heavy atom. The molecule has 0 saturated heterocycles. The molecule has 4 N–H and O–H groups in total. The van der Waals surface area contributed by atoms with Crippen LogP contribution < -0.4 is 5.32 Å². The monoisotopic (exact) mass is 714 g/mol. The predicted octanol–water partition coefficient (Wildman–Crippen LogP) is 10.9. The maximum atomic E-state index is 12.6. The van der Waals surface area contributed by atoms with E-state index in [2.05, 4.69) is 31.3 Å². The molecular weight excluding hydrogens is 635 g/mol. The van der Waals surface area contributed by atoms with E-state index < -0.39 is 40.0 Å². The Hall–Kier alpha value is -1.22. The Morgan fingerprint density at radius 3 is 1.29 bits per heavy atom. The first kappa shape index (κ1) is 47.8. The number of rotatable bonds is 37. The summed E-state index contributed by atoms with van der Waals surface area (Å²) < 4.78 is 32.4. The lowest BCUT2D eigenvalue weighted by Gasteiger charge is -2.22. The second-order valence-electron chi connectivity index (χ2n) is 14.4. The van der Waals surface area contributed by atoms with Crippen LogP contribution >= 0.6 is 0 Å². The Morgan fingerprint density at radius 1 is 0.551 bits per heavy atom. The van der Waals surface area contributed by atoms with Crippen LogP contribution in [0.2, 0.25) is 0 Å². The standard InChI is InChI=1S/C41H79NO6S/c1-3-5-7-9-11-13-15-16-17-18-19-20-21-22-23-24-26-28-30-32-34-36-40(44)41(45)42-38(37-49(46,47)48)39(43)35-33-31-29-27-25-14-12-10-8-6-4-2/h21-22,33,35,38-40,43-44H,3-20,23-32,34,36-37H2,1-2H3,(H,42,45)(H,46,47,48)/b22-21-,35-33+. The summed E-state index contributed by atoms with van der Waals surface area (Å²) in [7, 11) is -4.44. The molecule has 8 heteroatoms. The maximum absolute atomic E-state index is 12.6. The zero-order chi connectivity index (χ0) is 36.3. The number of carbonyl (C=O) groups is 1. The molecule has 0 saturated carbocycles. The predicted molar refractivity (Wildman–Crippen MR) is 208 cm³/mol. The van der Waals surface area contributed by atoms with E-state index >= 15 is 0 Å². The fourth-order valence-electron chi connectivity index (χ4n) is 6.27. The first-order valence-electron chi connectivity index (χ1n) is 20.6. The van der Waals surface area contributed by atoms with Gasteiger partial charge in [-0.25, -0.2) is 0 Å². The van der Waals surface area contributed by atoms with Gasteiger partial charge < -0.3 is 15.5 Å². The minimum Gasteiger partial charge on any atom is -0.387 e. The number of carbonyl (C=O) groups excluding carboxylic acids is 1. The summed E-state index contributed by atoms with van der Waals surface area (Å²) in [5, 5.41) is 23.3. The Labute approximate surface area is 303 Å². The van der Waals surface area contributed by atoms with E-state index in [9.17, 15) is 28.0 Å². The highest BCUT2D eigenvalue weighted by atomic mass is 32.2. The van der Waals surface area contributed by atoms with Crippen molar-refractivity contribution < 1.29 is 28.0 Å². The van der Waals surface area contributed by atoms with Crippen molar-refractivity contribution in [1.29, 1.82) is 0 Å². The molecule has 0 fully saturated rings. The highest BCUT2D eigenvalue weighted by Crippen LogP contribution is 2.14. The summed E-state index contributed by atoms with van der Waals surface area (Å²) in [6, 6.07) is -1.23. The topological polar surface area (TPSA) is 124 Å². The van der Waals surface area contributed by atoms with Gasteiger partial charge in [0.1, 0.15) is 6.10 Å². The average molecular weight is 714 g/mol. The number of amides is 1. The molecule has 0 heterocycles. The van der Waals surface area contributed by atoms with Crippen LogP contribution in [-0.4, -0.2) is 53.1 Å². The number of hydrogen-bond donors (Lipinski definition) is 4. The van der Waals surface area contributed by atoms with Gasteiger partial charge in [-0.3, -0.25) is 9.35 Å². The first-order valence-corrected chi connectivity index (χ1v) is 22.3. The fraction of sp³-hybridized carbons (Fsp3) is 0.878. The molecule has 0 aliphatic heterocycles. The van der Waals surface area contributed by atoms with Crippen LogP contribution in [0.3, 0.4) is 0 Å². The highest BCUT2D eigenvalue weighted by molar-refractivity contribution is 7.85. The number of aliphatic hydroxyl groups excluding tert-OH is 2. The molecule has 0 bridgehead atoms. The van der Waals surface area contributed by atoms with Gasteiger partial charge in [0.15, 0.2) is 0 Å². The Bertz CT molecular complexity index is 890. The summed E-state index contributed by atoms with van der Waals surface area (Å²) in [5.74, 6) is -1.54. The Kier molecular flexibility index (Phi) is 34.3. The van der Waals surface area contributed by atoms with Gasteiger partial charge in [0, 0.05) is 0 Å². The lowest BCUT2D eigenvalue weighted by molar-refractivity contribution is -0.130. The van der Waals surface area contributed by atoms with Crippen molar-refractivity contribution in [3.8, 4) is 0 Å². The van der Waals surface area contributed by atoms with Crippen LogP contribution in [0.1, 0.15) is 206 Å². The van der Waals surface area contributed by atoms with Crippen LogP contribution in [0.5, 0.6) is 0 Å². The smallest absolute Gasteiger partial charge is 0.267 e. The van der Waals surface area contributed by atoms with Crippen LogP contribution in [0.25, 0.3) is 0 Å². The summed E-state index contributed by atoms with van der Waals surface area (Å²) in [6.07, 6.45) is 41.0. The minimum atomic E-state index is -4.44. The van der Waals surface area contributed by atoms with E-state index in [-0.39, 0.29) is 6.42 Å². The molecule has 49 heavy (non-hydrogen) atoms. The van der Waals surface area contributed by atoms with Gasteiger partial charge in [-0.2, -0.15) is 8.42 Å². The van der Waals surface area contributed by atoms with Crippen molar-refractivity contribution in [2.75, 3.05) is 5.75 Å². The third-order valence-corrected chi connectivity index (χ3v) is 10.3. The molecule has 7 nitrogen and oxygen atoms in total. The third kappa shape index (κ3) is 35.0. The molecule has 0 aliphatic rings. The van der Waals surface area contributed by atoms with Crippen LogP contribution in [0.15, 0.2) is 24.3 Å². The van der Waals surface area contributed by atoms with E-state index in [1.165, 1.54) is 141 Å². The van der Waals surface area contributed by atoms with Crippen molar-refractivity contribution in [3.05, 3.63) is 24.3 Å². The Balaban J connectivity index is 3.96. The summed E-state index contributed by atoms with van der Waals surface area (Å²) in [4.78, 5) is 12.6. The lowest BCUT2D eigenvalue weighted by Crippen LogP contribution is -2.50. The minimum absolute atomic E-state index is 0.275. The van der Waals surface area contributed by atoms with Gasteiger partial charge in [0.25, 0.3) is 10.1 Å². The molecule has 0 rings (SSSR count). The van der Waals surface area contributed by atoms with Crippen LogP contribution in [0, 0.1) is 0 Å². The van der Waals surface area contributed by atoms with Crippen LogP contribution in [-0.2, 0) is 14.9 Å². The van der Waals surface area contributed by atoms with E-state index in [0.29, 0.717) is 6.42 Å². The van der Waals surface area contributed by atoms with Gasteiger partial charge in [-0.1, -0.05) is 186 Å². The van der Waals surface area contributed by atoms with Gasteiger partial charge >= 0.3 is 0 Å². The number of aliphatic hydroxyl groups is 2. The summed E-state index contributed by atoms with van der Waals surface area (Å²) in [6.45, 7) is 4.49. The molecule has 290 valence electrons. The zero-order valence-corrected chi connectivity index (χ0v) is 32.8. The fourth-order valence-corrected chi connectivity index (χ4v) is 7.01. The number of nitrogens with one attached hydrogen (secondary N) is 1. The van der Waals surface area contributed by atoms with Crippen molar-refractivity contribution in [2.24, 2.45) is 0 Å². The average Bonchev–Trinajstić information content (AvgIpc) is 3.06. The van der Waals surface area contributed by atoms with Crippen LogP contribution in [0.4, 0.5) is 0 Å². The molecule has 1 amide bonds. The van der Waals surface area contributed by atoms with Crippen molar-refractivity contribution in [2.45, 2.75) is 225 Å². The quantitative estimate of drug-likeness (QED) is 0.0289. The maximum Gasteiger partial charge on any atom is 0.267 e.